The Labute approximate surface area is 541 Å². The molecule has 0 saturated carbocycles. The molecule has 1 fully saturated rings. The molecule has 12 rings (SSSR count). The van der Waals surface area contributed by atoms with Crippen LogP contribution in [-0.4, -0.2) is 75.6 Å². The van der Waals surface area contributed by atoms with Crippen LogP contribution in [0.2, 0.25) is 0 Å². The van der Waals surface area contributed by atoms with Crippen molar-refractivity contribution in [1.82, 2.24) is 0 Å². The van der Waals surface area contributed by atoms with Crippen LogP contribution >= 0.6 is 0 Å². The van der Waals surface area contributed by atoms with E-state index in [9.17, 15) is 30.0 Å². The highest BCUT2D eigenvalue weighted by molar-refractivity contribution is 5.93. The fourth-order valence-corrected chi connectivity index (χ4v) is 10.9. The van der Waals surface area contributed by atoms with E-state index in [1.807, 2.05) is 152 Å². The van der Waals surface area contributed by atoms with Gasteiger partial charge in [-0.1, -0.05) is 200 Å². The van der Waals surface area contributed by atoms with E-state index >= 15 is 4.79 Å². The van der Waals surface area contributed by atoms with Gasteiger partial charge >= 0.3 is 17.9 Å². The van der Waals surface area contributed by atoms with Gasteiger partial charge in [-0.05, 0) is 86.5 Å². The highest BCUT2D eigenvalue weighted by Gasteiger charge is 2.53. The molecule has 1 saturated heterocycles. The molecule has 10 aromatic carbocycles. The van der Waals surface area contributed by atoms with Crippen molar-refractivity contribution in [3.8, 4) is 62.9 Å². The molecule has 2 aliphatic rings. The minimum absolute atomic E-state index is 0.000131. The lowest BCUT2D eigenvalue weighted by Crippen LogP contribution is -2.63. The van der Waals surface area contributed by atoms with E-state index in [4.69, 9.17) is 52.1 Å². The lowest BCUT2D eigenvalue weighted by molar-refractivity contribution is -0.295. The van der Waals surface area contributed by atoms with E-state index in [2.05, 4.69) is 0 Å². The Morgan fingerprint density at radius 3 is 1.14 bits per heavy atom. The fraction of sp³-hybridized carbons (Fsp3) is 0.171. The number of fused-ring (bicyclic) bond motifs is 5. The number of benzene rings is 10. The zero-order valence-corrected chi connectivity index (χ0v) is 50.6. The summed E-state index contributed by atoms with van der Waals surface area (Å²) in [5.41, 5.74) is 6.01. The van der Waals surface area contributed by atoms with Gasteiger partial charge in [0.05, 0.1) is 36.5 Å². The first-order valence-electron chi connectivity index (χ1n) is 30.3. The molecule has 18 nitrogen and oxygen atoms in total. The number of phenolic OH excluding ortho intramolecular Hbond substituents is 4. The second-order valence-corrected chi connectivity index (χ2v) is 22.2. The van der Waals surface area contributed by atoms with E-state index in [0.717, 1.165) is 68.8 Å². The predicted molar refractivity (Wildman–Crippen MR) is 342 cm³/mol. The van der Waals surface area contributed by atoms with Crippen molar-refractivity contribution in [3.63, 3.8) is 0 Å². The zero-order chi connectivity index (χ0) is 64.8. The molecule has 0 spiro atoms. The number of hydrogen-bond acceptors (Lipinski definition) is 18. The molecule has 0 aromatic heterocycles. The first-order valence-corrected chi connectivity index (χ1v) is 30.3. The molecule has 4 N–H and O–H groups in total. The Balaban J connectivity index is 0.944. The Hall–Kier alpha value is -11.3. The van der Waals surface area contributed by atoms with E-state index in [0.29, 0.717) is 5.56 Å². The molecule has 10 aromatic rings. The number of aromatic hydroxyl groups is 4. The third kappa shape index (κ3) is 15.4. The van der Waals surface area contributed by atoms with Crippen LogP contribution in [-0.2, 0) is 74.7 Å². The molecule has 5 atom stereocenters. The number of phenols is 4. The van der Waals surface area contributed by atoms with Gasteiger partial charge in [-0.15, -0.1) is 0 Å². The number of esters is 3. The van der Waals surface area contributed by atoms with Gasteiger partial charge in [-0.3, -0.25) is 0 Å². The van der Waals surface area contributed by atoms with Crippen molar-refractivity contribution in [2.24, 2.45) is 0 Å². The number of carbonyl (C=O) groups is 3. The average Bonchev–Trinajstić information content (AvgIpc) is 0.784. The Morgan fingerprint density at radius 1 is 0.372 bits per heavy atom. The van der Waals surface area contributed by atoms with E-state index < -0.39 is 77.2 Å². The van der Waals surface area contributed by atoms with Crippen LogP contribution in [0.4, 0.5) is 0 Å². The summed E-state index contributed by atoms with van der Waals surface area (Å²) in [6.07, 6.45) is -8.54. The fourth-order valence-electron chi connectivity index (χ4n) is 10.9. The number of hydrogen-bond donors (Lipinski definition) is 4. The van der Waals surface area contributed by atoms with Crippen LogP contribution in [0.5, 0.6) is 51.7 Å². The van der Waals surface area contributed by atoms with Gasteiger partial charge in [0.1, 0.15) is 45.2 Å². The van der Waals surface area contributed by atoms with Crippen LogP contribution in [0.1, 0.15) is 70.0 Å². The minimum Gasteiger partial charge on any atom is -0.504 e. The molecular weight excluding hydrogens is 1200 g/mol. The number of ether oxygens (including phenoxy) is 11. The Kier molecular flexibility index (Phi) is 19.9. The summed E-state index contributed by atoms with van der Waals surface area (Å²) in [4.78, 5) is 45.2. The third-order valence-corrected chi connectivity index (χ3v) is 15.6. The van der Waals surface area contributed by atoms with Crippen LogP contribution < -0.4 is 23.7 Å². The van der Waals surface area contributed by atoms with E-state index in [1.165, 1.54) is 12.1 Å². The molecular formula is C76H64O18. The summed E-state index contributed by atoms with van der Waals surface area (Å²) >= 11 is 0. The van der Waals surface area contributed by atoms with Crippen molar-refractivity contribution in [2.45, 2.75) is 77.0 Å². The molecule has 0 amide bonds. The molecule has 2 aliphatic heterocycles. The maximum atomic E-state index is 15.4. The van der Waals surface area contributed by atoms with Gasteiger partial charge in [0, 0.05) is 0 Å². The maximum absolute atomic E-state index is 15.4. The zero-order valence-electron chi connectivity index (χ0n) is 50.6. The number of carbonyl (C=O) groups excluding carboxylic acids is 3. The molecule has 2 unspecified atom stereocenters. The smallest absolute Gasteiger partial charge is 0.340 e. The monoisotopic (exact) mass is 1260 g/mol. The highest BCUT2D eigenvalue weighted by atomic mass is 16.7. The second-order valence-electron chi connectivity index (χ2n) is 22.2. The van der Waals surface area contributed by atoms with Gasteiger partial charge in [0.2, 0.25) is 23.5 Å². The van der Waals surface area contributed by atoms with Crippen LogP contribution in [0.3, 0.4) is 0 Å². The van der Waals surface area contributed by atoms with Gasteiger partial charge in [-0.25, -0.2) is 14.4 Å². The third-order valence-electron chi connectivity index (χ3n) is 15.6. The van der Waals surface area contributed by atoms with Crippen molar-refractivity contribution in [1.29, 1.82) is 0 Å². The van der Waals surface area contributed by atoms with Gasteiger partial charge in [-0.2, -0.15) is 0 Å². The van der Waals surface area contributed by atoms with Crippen LogP contribution in [0.15, 0.2) is 237 Å². The summed E-state index contributed by atoms with van der Waals surface area (Å²) in [7, 11) is 0. The normalized spacial score (nSPS) is 16.7. The van der Waals surface area contributed by atoms with Crippen molar-refractivity contribution in [2.75, 3.05) is 6.61 Å². The van der Waals surface area contributed by atoms with Gasteiger partial charge in [0.15, 0.2) is 46.7 Å². The quantitative estimate of drug-likeness (QED) is 0.0387. The van der Waals surface area contributed by atoms with Crippen molar-refractivity contribution >= 4 is 17.9 Å². The van der Waals surface area contributed by atoms with Crippen molar-refractivity contribution < 1.29 is 86.9 Å². The summed E-state index contributed by atoms with van der Waals surface area (Å²) in [5.74, 6) is -6.05. The largest absolute Gasteiger partial charge is 0.504 e. The SMILES string of the molecule is O=C(OC1[C@H](OC(=O)c2cc(OCc3ccccc3)c(OCc3ccccc3)c(OCc3ccccc3)c2)OC2COCc3ccccc3-c3ccccc3CO[C@@H]1[C@@H]2OC(=O)c1cc(O)c(OCc2ccccc2)c(O)c1)c1cc(O)c(OCc2ccccc2)c(O)c1. The average molecular weight is 1270 g/mol. The molecule has 0 radical (unpaired) electrons. The standard InChI is InChI=1S/C76H64O18/c77-60-34-55(35-61(78)67(60)87-42-50-24-10-3-11-25-50)73(81)92-70-66-47-84-45-53-30-16-18-32-58(53)59-33-19-17-31-54(59)46-90-71(70)72(93-74(82)56-36-62(79)68(63(80)37-56)88-43-51-26-12-4-13-27-51)76(91-66)94-75(83)57-38-64(85-40-48-20-6-1-7-21-48)69(89-44-52-28-14-5-15-29-52)65(39-57)86-41-49-22-8-2-9-23-49/h1-39,66,70-72,76-80H,40-47H2/t66?,70-,71-,72?,76+/m1/s1. The van der Waals surface area contributed by atoms with Crippen LogP contribution in [0.25, 0.3) is 11.1 Å². The lowest BCUT2D eigenvalue weighted by Gasteiger charge is -2.44. The summed E-state index contributed by atoms with van der Waals surface area (Å²) in [6, 6.07) is 68.3. The first kappa shape index (κ1) is 62.9. The van der Waals surface area contributed by atoms with E-state index in [-0.39, 0.29) is 92.7 Å². The maximum Gasteiger partial charge on any atom is 0.340 e. The molecule has 94 heavy (non-hydrogen) atoms. The molecule has 2 bridgehead atoms. The van der Waals surface area contributed by atoms with Gasteiger partial charge in [0.25, 0.3) is 0 Å². The lowest BCUT2D eigenvalue weighted by atomic mass is 9.94. The van der Waals surface area contributed by atoms with Gasteiger partial charge < -0.3 is 72.5 Å². The number of rotatable bonds is 21. The minimum atomic E-state index is -1.95. The summed E-state index contributed by atoms with van der Waals surface area (Å²) < 4.78 is 70.5. The topological polar surface area (TPSA) is 234 Å². The highest BCUT2D eigenvalue weighted by Crippen LogP contribution is 2.44. The Bertz CT molecular complexity index is 4120. The second kappa shape index (κ2) is 29.8. The molecule has 18 heteroatoms. The first-order chi connectivity index (χ1) is 46.0. The van der Waals surface area contributed by atoms with E-state index in [1.54, 1.807) is 48.5 Å². The Morgan fingerprint density at radius 2 is 0.713 bits per heavy atom. The van der Waals surface area contributed by atoms with Crippen molar-refractivity contribution in [3.05, 3.63) is 292 Å². The summed E-state index contributed by atoms with van der Waals surface area (Å²) in [6.45, 7) is -0.546. The molecule has 0 aliphatic carbocycles. The summed E-state index contributed by atoms with van der Waals surface area (Å²) in [5, 5.41) is 45.4. The predicted octanol–water partition coefficient (Wildman–Crippen LogP) is 13.5. The van der Waals surface area contributed by atoms with Crippen LogP contribution in [0, 0.1) is 0 Å². The molecule has 2 heterocycles. The molecule has 476 valence electrons.